The molecule has 0 spiro atoms. The van der Waals surface area contributed by atoms with Gasteiger partial charge in [0, 0.05) is 17.1 Å². The van der Waals surface area contributed by atoms with E-state index in [1.54, 1.807) is 0 Å². The Balaban J connectivity index is 3.25. The average Bonchev–Trinajstić information content (AvgIpc) is 2.12. The second-order valence-electron chi connectivity index (χ2n) is 2.51. The summed E-state index contributed by atoms with van der Waals surface area (Å²) in [5.74, 6) is -0.564. The fourth-order valence-electron chi connectivity index (χ4n) is 0.966. The summed E-state index contributed by atoms with van der Waals surface area (Å²) in [5, 5.41) is 9.52. The highest BCUT2D eigenvalue weighted by Gasteiger charge is 2.17. The van der Waals surface area contributed by atoms with Gasteiger partial charge < -0.3 is 10.8 Å². The summed E-state index contributed by atoms with van der Waals surface area (Å²) in [7, 11) is 0. The number of nitrogens with two attached hydrogens (primary N) is 1. The molecular weight excluding hydrogens is 260 g/mol. The van der Waals surface area contributed by atoms with E-state index in [4.69, 9.17) is 17.3 Å². The molecule has 0 aliphatic carbocycles. The first-order valence-corrected chi connectivity index (χ1v) is 4.76. The molecular formula is C8H8BrClFNO. The maximum atomic E-state index is 13.4. The van der Waals surface area contributed by atoms with Crippen molar-refractivity contribution in [2.45, 2.75) is 6.10 Å². The minimum Gasteiger partial charge on any atom is -0.387 e. The van der Waals surface area contributed by atoms with Crippen LogP contribution in [-0.2, 0) is 0 Å². The van der Waals surface area contributed by atoms with Crippen LogP contribution in [0.25, 0.3) is 0 Å². The molecule has 1 atom stereocenters. The van der Waals surface area contributed by atoms with E-state index < -0.39 is 11.9 Å². The number of hydrogen-bond donors (Lipinski definition) is 2. The standard InChI is InChI=1S/C8H8BrClFNO/c9-4-1-2-5(10)7(8(4)11)6(13)3-12/h1-2,6,13H,3,12H2. The number of halogens is 3. The zero-order valence-electron chi connectivity index (χ0n) is 6.60. The quantitative estimate of drug-likeness (QED) is 0.808. The Hall–Kier alpha value is -0.160. The number of hydrogen-bond acceptors (Lipinski definition) is 2. The van der Waals surface area contributed by atoms with Gasteiger partial charge in [0.1, 0.15) is 5.82 Å². The molecule has 1 rings (SSSR count). The van der Waals surface area contributed by atoms with Gasteiger partial charge in [-0.05, 0) is 28.1 Å². The van der Waals surface area contributed by atoms with Crippen LogP contribution in [0.4, 0.5) is 4.39 Å². The highest BCUT2D eigenvalue weighted by molar-refractivity contribution is 9.10. The minimum atomic E-state index is -1.06. The third-order valence-electron chi connectivity index (χ3n) is 1.64. The van der Waals surface area contributed by atoms with Gasteiger partial charge in [-0.1, -0.05) is 11.6 Å². The van der Waals surface area contributed by atoms with Gasteiger partial charge in [-0.15, -0.1) is 0 Å². The van der Waals surface area contributed by atoms with E-state index in [0.717, 1.165) is 0 Å². The van der Waals surface area contributed by atoms with Crippen molar-refractivity contribution in [2.75, 3.05) is 6.54 Å². The number of aliphatic hydroxyl groups is 1. The first-order chi connectivity index (χ1) is 6.07. The molecule has 3 N–H and O–H groups in total. The summed E-state index contributed by atoms with van der Waals surface area (Å²) in [6.45, 7) is -0.0624. The van der Waals surface area contributed by atoms with E-state index in [2.05, 4.69) is 15.9 Å². The largest absolute Gasteiger partial charge is 0.387 e. The molecule has 72 valence electrons. The van der Waals surface area contributed by atoms with E-state index in [1.807, 2.05) is 0 Å². The lowest BCUT2D eigenvalue weighted by Crippen LogP contribution is -2.13. The van der Waals surface area contributed by atoms with Gasteiger partial charge in [-0.2, -0.15) is 0 Å². The third kappa shape index (κ3) is 2.20. The third-order valence-corrected chi connectivity index (χ3v) is 2.58. The first-order valence-electron chi connectivity index (χ1n) is 3.59. The molecule has 0 radical (unpaired) electrons. The lowest BCUT2D eigenvalue weighted by Gasteiger charge is -2.11. The molecule has 5 heteroatoms. The Morgan fingerprint density at radius 2 is 2.23 bits per heavy atom. The molecule has 0 aliphatic rings. The smallest absolute Gasteiger partial charge is 0.144 e. The Morgan fingerprint density at radius 3 is 2.77 bits per heavy atom. The van der Waals surface area contributed by atoms with Gasteiger partial charge in [0.05, 0.1) is 10.6 Å². The highest BCUT2D eigenvalue weighted by atomic mass is 79.9. The van der Waals surface area contributed by atoms with Crippen LogP contribution in [0.5, 0.6) is 0 Å². The predicted molar refractivity (Wildman–Crippen MR) is 53.1 cm³/mol. The maximum Gasteiger partial charge on any atom is 0.144 e. The van der Waals surface area contributed by atoms with Crippen molar-refractivity contribution in [1.82, 2.24) is 0 Å². The monoisotopic (exact) mass is 267 g/mol. The molecule has 0 amide bonds. The van der Waals surface area contributed by atoms with Crippen molar-refractivity contribution in [2.24, 2.45) is 5.73 Å². The van der Waals surface area contributed by atoms with E-state index >= 15 is 0 Å². The van der Waals surface area contributed by atoms with E-state index in [-0.39, 0.29) is 21.6 Å². The van der Waals surface area contributed by atoms with E-state index in [9.17, 15) is 9.50 Å². The van der Waals surface area contributed by atoms with Crippen molar-refractivity contribution in [3.63, 3.8) is 0 Å². The Kier molecular flexibility index (Phi) is 3.67. The Morgan fingerprint density at radius 1 is 1.62 bits per heavy atom. The molecule has 0 aliphatic heterocycles. The SMILES string of the molecule is NCC(O)c1c(Cl)ccc(Br)c1F. The van der Waals surface area contributed by atoms with Gasteiger partial charge >= 0.3 is 0 Å². The average molecular weight is 269 g/mol. The number of aliphatic hydroxyl groups excluding tert-OH is 1. The molecule has 0 bridgehead atoms. The summed E-state index contributed by atoms with van der Waals surface area (Å²) >= 11 is 8.69. The van der Waals surface area contributed by atoms with Crippen LogP contribution in [0.1, 0.15) is 11.7 Å². The first kappa shape index (κ1) is 10.9. The zero-order chi connectivity index (χ0) is 10.0. The Labute approximate surface area is 88.6 Å². The molecule has 13 heavy (non-hydrogen) atoms. The van der Waals surface area contributed by atoms with Gasteiger partial charge in [-0.3, -0.25) is 0 Å². The molecule has 2 nitrogen and oxygen atoms in total. The molecule has 1 aromatic rings. The van der Waals surface area contributed by atoms with Gasteiger partial charge in [0.2, 0.25) is 0 Å². The van der Waals surface area contributed by atoms with Crippen molar-refractivity contribution < 1.29 is 9.50 Å². The van der Waals surface area contributed by atoms with Gasteiger partial charge in [-0.25, -0.2) is 4.39 Å². The van der Waals surface area contributed by atoms with Crippen LogP contribution in [0.15, 0.2) is 16.6 Å². The predicted octanol–water partition coefficient (Wildman–Crippen LogP) is 2.23. The fraction of sp³-hybridized carbons (Fsp3) is 0.250. The molecule has 0 heterocycles. The summed E-state index contributed by atoms with van der Waals surface area (Å²) in [6, 6.07) is 2.98. The Bertz CT molecular complexity index is 321. The fourth-order valence-corrected chi connectivity index (χ4v) is 1.58. The van der Waals surface area contributed by atoms with Crippen molar-refractivity contribution in [3.05, 3.63) is 33.0 Å². The van der Waals surface area contributed by atoms with Crippen molar-refractivity contribution in [3.8, 4) is 0 Å². The molecule has 1 unspecified atom stereocenters. The van der Waals surface area contributed by atoms with Crippen LogP contribution >= 0.6 is 27.5 Å². The molecule has 0 saturated carbocycles. The van der Waals surface area contributed by atoms with Gasteiger partial charge in [0.25, 0.3) is 0 Å². The van der Waals surface area contributed by atoms with E-state index in [0.29, 0.717) is 0 Å². The lowest BCUT2D eigenvalue weighted by molar-refractivity contribution is 0.182. The molecule has 0 fully saturated rings. The molecule has 0 saturated heterocycles. The van der Waals surface area contributed by atoms with Crippen LogP contribution in [0.2, 0.25) is 5.02 Å². The summed E-state index contributed by atoms with van der Waals surface area (Å²) in [5.41, 5.74) is 5.24. The second kappa shape index (κ2) is 4.37. The van der Waals surface area contributed by atoms with Crippen LogP contribution in [-0.4, -0.2) is 11.7 Å². The summed E-state index contributed by atoms with van der Waals surface area (Å²) < 4.78 is 13.6. The van der Waals surface area contributed by atoms with E-state index in [1.165, 1.54) is 12.1 Å². The normalized spacial score (nSPS) is 13.0. The van der Waals surface area contributed by atoms with Crippen molar-refractivity contribution >= 4 is 27.5 Å². The highest BCUT2D eigenvalue weighted by Crippen LogP contribution is 2.30. The summed E-state index contributed by atoms with van der Waals surface area (Å²) in [4.78, 5) is 0. The minimum absolute atomic E-state index is 0.0403. The van der Waals surface area contributed by atoms with Crippen LogP contribution in [0.3, 0.4) is 0 Å². The van der Waals surface area contributed by atoms with Gasteiger partial charge in [0.15, 0.2) is 0 Å². The number of rotatable bonds is 2. The van der Waals surface area contributed by atoms with Crippen molar-refractivity contribution in [1.29, 1.82) is 0 Å². The number of benzene rings is 1. The van der Waals surface area contributed by atoms with Crippen LogP contribution < -0.4 is 5.73 Å². The van der Waals surface area contributed by atoms with Crippen LogP contribution in [0, 0.1) is 5.82 Å². The maximum absolute atomic E-state index is 13.4. The lowest BCUT2D eigenvalue weighted by atomic mass is 10.1. The summed E-state index contributed by atoms with van der Waals surface area (Å²) in [6.07, 6.45) is -1.06. The molecule has 1 aromatic carbocycles. The second-order valence-corrected chi connectivity index (χ2v) is 3.77. The zero-order valence-corrected chi connectivity index (χ0v) is 8.94. The topological polar surface area (TPSA) is 46.2 Å². The molecule has 0 aromatic heterocycles.